The molecule has 6 nitrogen and oxygen atoms in total. The molecule has 0 saturated heterocycles. The molecule has 0 fully saturated rings. The Bertz CT molecular complexity index is 417. The average Bonchev–Trinajstić information content (AvgIpc) is 2.44. The lowest BCUT2D eigenvalue weighted by atomic mass is 10.2. The van der Waals surface area contributed by atoms with Gasteiger partial charge in [0.05, 0.1) is 13.2 Å². The fraction of sp³-hybridized carbons (Fsp3) is 0.286. The number of aliphatic hydroxyl groups is 1. The van der Waals surface area contributed by atoms with Gasteiger partial charge in [-0.1, -0.05) is 30.3 Å². The molecule has 0 aliphatic carbocycles. The number of rotatable bonds is 5. The van der Waals surface area contributed by atoms with Crippen LogP contribution in [0.15, 0.2) is 36.4 Å². The summed E-state index contributed by atoms with van der Waals surface area (Å²) in [5.74, 6) is -0.192. The van der Waals surface area contributed by atoms with Crippen LogP contribution in [-0.4, -0.2) is 42.0 Å². The molecule has 0 bridgehead atoms. The van der Waals surface area contributed by atoms with E-state index >= 15 is 0 Å². The van der Waals surface area contributed by atoms with Gasteiger partial charge >= 0.3 is 6.16 Å². The minimum Gasteiger partial charge on any atom is -0.450 e. The van der Waals surface area contributed by atoms with Crippen LogP contribution in [0.1, 0.15) is 12.5 Å². The first-order chi connectivity index (χ1) is 9.60. The summed E-state index contributed by atoms with van der Waals surface area (Å²) in [6.45, 7) is 2.10. The van der Waals surface area contributed by atoms with E-state index in [1.54, 1.807) is 13.0 Å². The van der Waals surface area contributed by atoms with Crippen LogP contribution in [0.2, 0.25) is 0 Å². The normalized spacial score (nSPS) is 9.50. The Morgan fingerprint density at radius 1 is 1.30 bits per heavy atom. The highest BCUT2D eigenvalue weighted by atomic mass is 16.7. The van der Waals surface area contributed by atoms with Gasteiger partial charge in [-0.15, -0.1) is 0 Å². The van der Waals surface area contributed by atoms with E-state index in [0.29, 0.717) is 0 Å². The smallest absolute Gasteiger partial charge is 0.450 e. The highest BCUT2D eigenvalue weighted by Gasteiger charge is 1.92. The van der Waals surface area contributed by atoms with Crippen LogP contribution in [0.25, 0.3) is 6.08 Å². The van der Waals surface area contributed by atoms with Crippen LogP contribution in [0.4, 0.5) is 4.79 Å². The van der Waals surface area contributed by atoms with E-state index < -0.39 is 6.16 Å². The Labute approximate surface area is 117 Å². The Morgan fingerprint density at radius 3 is 2.40 bits per heavy atom. The van der Waals surface area contributed by atoms with Crippen LogP contribution >= 0.6 is 0 Å². The topological polar surface area (TPSA) is 95.9 Å². The maximum Gasteiger partial charge on any atom is 0.505 e. The fourth-order valence-corrected chi connectivity index (χ4v) is 1.10. The molecule has 1 aromatic carbocycles. The molecule has 0 heterocycles. The highest BCUT2D eigenvalue weighted by molar-refractivity contribution is 5.91. The summed E-state index contributed by atoms with van der Waals surface area (Å²) in [6, 6.07) is 9.56. The number of carbonyl (C=O) groups is 2. The molecule has 0 saturated carbocycles. The lowest BCUT2D eigenvalue weighted by Crippen LogP contribution is -2.24. The SMILES string of the molecule is CCOC(=O)O.O=C(/C=C/c1ccccc1)NCCO. The molecule has 6 heteroatoms. The maximum absolute atomic E-state index is 11.1. The van der Waals surface area contributed by atoms with Crippen molar-refractivity contribution in [3.63, 3.8) is 0 Å². The molecular weight excluding hydrogens is 262 g/mol. The number of hydrogen-bond acceptors (Lipinski definition) is 4. The number of ether oxygens (including phenoxy) is 1. The number of carbonyl (C=O) groups excluding carboxylic acids is 1. The Kier molecular flexibility index (Phi) is 10.4. The van der Waals surface area contributed by atoms with Crippen molar-refractivity contribution in [1.29, 1.82) is 0 Å². The Hall–Kier alpha value is -2.34. The number of benzene rings is 1. The predicted molar refractivity (Wildman–Crippen MR) is 75.2 cm³/mol. The van der Waals surface area contributed by atoms with Crippen molar-refractivity contribution in [2.75, 3.05) is 19.8 Å². The average molecular weight is 281 g/mol. The molecule has 1 rings (SSSR count). The van der Waals surface area contributed by atoms with Crippen LogP contribution in [0, 0.1) is 0 Å². The fourth-order valence-electron chi connectivity index (χ4n) is 1.10. The van der Waals surface area contributed by atoms with Crippen LogP contribution < -0.4 is 5.32 Å². The third-order valence-corrected chi connectivity index (χ3v) is 1.91. The second kappa shape index (κ2) is 11.7. The van der Waals surface area contributed by atoms with Crippen molar-refractivity contribution < 1.29 is 24.5 Å². The summed E-state index contributed by atoms with van der Waals surface area (Å²) in [5, 5.41) is 18.7. The molecule has 0 aromatic heterocycles. The largest absolute Gasteiger partial charge is 0.505 e. The number of aliphatic hydroxyl groups excluding tert-OH is 1. The minimum atomic E-state index is -1.21. The zero-order valence-electron chi connectivity index (χ0n) is 11.3. The third-order valence-electron chi connectivity index (χ3n) is 1.91. The summed E-state index contributed by atoms with van der Waals surface area (Å²) in [4.78, 5) is 20.4. The maximum atomic E-state index is 11.1. The van der Waals surface area contributed by atoms with Gasteiger partial charge < -0.3 is 20.3 Å². The number of hydrogen-bond donors (Lipinski definition) is 3. The van der Waals surface area contributed by atoms with Crippen molar-refractivity contribution in [2.45, 2.75) is 6.92 Å². The molecule has 110 valence electrons. The summed E-state index contributed by atoms with van der Waals surface area (Å²) in [5.41, 5.74) is 0.978. The van der Waals surface area contributed by atoms with Gasteiger partial charge in [0, 0.05) is 12.6 Å². The van der Waals surface area contributed by atoms with Crippen molar-refractivity contribution in [3.8, 4) is 0 Å². The summed E-state index contributed by atoms with van der Waals surface area (Å²) < 4.78 is 3.96. The van der Waals surface area contributed by atoms with Gasteiger partial charge in [0.25, 0.3) is 0 Å². The number of carboxylic acid groups (broad SMARTS) is 1. The van der Waals surface area contributed by atoms with Crippen LogP contribution in [0.3, 0.4) is 0 Å². The summed E-state index contributed by atoms with van der Waals surface area (Å²) in [6.07, 6.45) is 1.97. The lowest BCUT2D eigenvalue weighted by molar-refractivity contribution is -0.116. The number of nitrogens with one attached hydrogen (secondary N) is 1. The van der Waals surface area contributed by atoms with Crippen molar-refractivity contribution in [1.82, 2.24) is 5.32 Å². The molecule has 0 radical (unpaired) electrons. The molecule has 1 aromatic rings. The van der Waals surface area contributed by atoms with Crippen molar-refractivity contribution in [3.05, 3.63) is 42.0 Å². The van der Waals surface area contributed by atoms with E-state index in [2.05, 4.69) is 10.1 Å². The standard InChI is InChI=1S/C11H13NO2.C3H6O3/c13-9-8-12-11(14)7-6-10-4-2-1-3-5-10;1-2-6-3(4)5/h1-7,13H,8-9H2,(H,12,14);2H2,1H3,(H,4,5)/b7-6+;. The molecule has 0 aliphatic rings. The van der Waals surface area contributed by atoms with E-state index in [1.807, 2.05) is 30.3 Å². The monoisotopic (exact) mass is 281 g/mol. The zero-order chi connectivity index (χ0) is 15.2. The second-order valence-electron chi connectivity index (χ2n) is 3.46. The first-order valence-electron chi connectivity index (χ1n) is 6.07. The van der Waals surface area contributed by atoms with E-state index in [-0.39, 0.29) is 25.7 Å². The molecule has 0 atom stereocenters. The van der Waals surface area contributed by atoms with Gasteiger partial charge in [-0.25, -0.2) is 4.79 Å². The summed E-state index contributed by atoms with van der Waals surface area (Å²) >= 11 is 0. The second-order valence-corrected chi connectivity index (χ2v) is 3.46. The Balaban J connectivity index is 0.000000511. The first-order valence-corrected chi connectivity index (χ1v) is 6.07. The van der Waals surface area contributed by atoms with E-state index in [0.717, 1.165) is 5.56 Å². The molecule has 3 N–H and O–H groups in total. The van der Waals surface area contributed by atoms with Gasteiger partial charge in [-0.05, 0) is 18.6 Å². The minimum absolute atomic E-state index is 0.0368. The van der Waals surface area contributed by atoms with Crippen molar-refractivity contribution in [2.24, 2.45) is 0 Å². The molecular formula is C14H19NO5. The van der Waals surface area contributed by atoms with E-state index in [1.165, 1.54) is 6.08 Å². The van der Waals surface area contributed by atoms with Gasteiger partial charge in [-0.2, -0.15) is 0 Å². The van der Waals surface area contributed by atoms with Gasteiger partial charge in [0.2, 0.25) is 5.91 Å². The highest BCUT2D eigenvalue weighted by Crippen LogP contribution is 2.00. The zero-order valence-corrected chi connectivity index (χ0v) is 11.3. The molecule has 1 amide bonds. The van der Waals surface area contributed by atoms with Gasteiger partial charge in [-0.3, -0.25) is 4.79 Å². The lowest BCUT2D eigenvalue weighted by Gasteiger charge is -1.96. The van der Waals surface area contributed by atoms with Crippen molar-refractivity contribution >= 4 is 18.1 Å². The first kappa shape index (κ1) is 17.7. The van der Waals surface area contributed by atoms with Crippen LogP contribution in [-0.2, 0) is 9.53 Å². The van der Waals surface area contributed by atoms with E-state index in [4.69, 9.17) is 10.2 Å². The van der Waals surface area contributed by atoms with Gasteiger partial charge in [0.15, 0.2) is 0 Å². The Morgan fingerprint density at radius 2 is 1.95 bits per heavy atom. The number of amides is 1. The van der Waals surface area contributed by atoms with Gasteiger partial charge in [0.1, 0.15) is 0 Å². The quantitative estimate of drug-likeness (QED) is 0.561. The molecule has 0 aliphatic heterocycles. The van der Waals surface area contributed by atoms with E-state index in [9.17, 15) is 9.59 Å². The third kappa shape index (κ3) is 10.8. The molecule has 0 unspecified atom stereocenters. The molecule has 20 heavy (non-hydrogen) atoms. The van der Waals surface area contributed by atoms with Crippen LogP contribution in [0.5, 0.6) is 0 Å². The molecule has 0 spiro atoms. The summed E-state index contributed by atoms with van der Waals surface area (Å²) in [7, 11) is 0. The predicted octanol–water partition coefficient (Wildman–Crippen LogP) is 1.51.